The van der Waals surface area contributed by atoms with Gasteiger partial charge in [-0.2, -0.15) is 0 Å². The van der Waals surface area contributed by atoms with Gasteiger partial charge in [0.2, 0.25) is 0 Å². The minimum atomic E-state index is 0.775. The zero-order valence-electron chi connectivity index (χ0n) is 29.9. The number of rotatable bonds is 9. The van der Waals surface area contributed by atoms with Gasteiger partial charge in [-0.1, -0.05) is 111 Å². The monoisotopic (exact) mass is 598 g/mol. The summed E-state index contributed by atoms with van der Waals surface area (Å²) in [6, 6.07) is 24.6. The van der Waals surface area contributed by atoms with Gasteiger partial charge in [0.25, 0.3) is 0 Å². The van der Waals surface area contributed by atoms with Gasteiger partial charge in [0.1, 0.15) is 6.29 Å². The summed E-state index contributed by atoms with van der Waals surface area (Å²) < 4.78 is 0. The number of nitrogens with one attached hydrogen (secondary N) is 1. The van der Waals surface area contributed by atoms with Crippen LogP contribution >= 0.6 is 0 Å². The summed E-state index contributed by atoms with van der Waals surface area (Å²) in [7, 11) is 1.85. The molecular formula is C41H62N2O. The van der Waals surface area contributed by atoms with Crippen LogP contribution < -0.4 is 5.32 Å². The fourth-order valence-corrected chi connectivity index (χ4v) is 3.67. The lowest BCUT2D eigenvalue weighted by Crippen LogP contribution is -2.24. The van der Waals surface area contributed by atoms with E-state index < -0.39 is 0 Å². The van der Waals surface area contributed by atoms with Gasteiger partial charge in [0.15, 0.2) is 0 Å². The van der Waals surface area contributed by atoms with E-state index in [1.807, 2.05) is 77.2 Å². The lowest BCUT2D eigenvalue weighted by Gasteiger charge is -2.27. The highest BCUT2D eigenvalue weighted by molar-refractivity contribution is 5.76. The quantitative estimate of drug-likeness (QED) is 0.196. The molecule has 3 rings (SSSR count). The topological polar surface area (TPSA) is 32.3 Å². The lowest BCUT2D eigenvalue weighted by molar-refractivity contribution is 0.112. The fraction of sp³-hybridized carbons (Fsp3) is 0.390. The lowest BCUT2D eigenvalue weighted by atomic mass is 10.0. The second-order valence-electron chi connectivity index (χ2n) is 11.2. The first-order valence-electron chi connectivity index (χ1n) is 15.9. The van der Waals surface area contributed by atoms with Crippen molar-refractivity contribution in [2.75, 3.05) is 20.1 Å². The number of hydrogen-bond acceptors (Lipinski definition) is 3. The summed E-state index contributed by atoms with van der Waals surface area (Å²) in [4.78, 5) is 12.8. The van der Waals surface area contributed by atoms with Crippen molar-refractivity contribution in [2.45, 2.75) is 88.5 Å². The zero-order chi connectivity index (χ0) is 33.9. The fourth-order valence-electron chi connectivity index (χ4n) is 3.67. The molecular weight excluding hydrogens is 536 g/mol. The van der Waals surface area contributed by atoms with Crippen LogP contribution in [-0.4, -0.2) is 31.3 Å². The molecule has 0 atom stereocenters. The van der Waals surface area contributed by atoms with Crippen molar-refractivity contribution >= 4 is 12.0 Å². The molecule has 0 unspecified atom stereocenters. The van der Waals surface area contributed by atoms with E-state index in [0.717, 1.165) is 42.6 Å². The van der Waals surface area contributed by atoms with Crippen LogP contribution in [0.5, 0.6) is 0 Å². The average molecular weight is 599 g/mol. The maximum Gasteiger partial charge on any atom is 0.150 e. The Morgan fingerprint density at radius 2 is 1.25 bits per heavy atom. The predicted octanol–water partition coefficient (Wildman–Crippen LogP) is 11.3. The van der Waals surface area contributed by atoms with Gasteiger partial charge in [-0.3, -0.25) is 4.79 Å². The molecule has 242 valence electrons. The molecule has 1 N–H and O–H groups in total. The summed E-state index contributed by atoms with van der Waals surface area (Å²) in [5, 5.41) is 2.83. The van der Waals surface area contributed by atoms with Gasteiger partial charge < -0.3 is 10.2 Å². The third-order valence-corrected chi connectivity index (χ3v) is 6.21. The Balaban J connectivity index is 0. The molecule has 3 heteroatoms. The van der Waals surface area contributed by atoms with E-state index >= 15 is 0 Å². The molecule has 0 fully saturated rings. The predicted molar refractivity (Wildman–Crippen MR) is 198 cm³/mol. The van der Waals surface area contributed by atoms with Crippen molar-refractivity contribution in [3.63, 3.8) is 0 Å². The molecule has 3 aromatic rings. The van der Waals surface area contributed by atoms with Gasteiger partial charge in [0, 0.05) is 31.4 Å². The van der Waals surface area contributed by atoms with Gasteiger partial charge in [-0.25, -0.2) is 0 Å². The SMILES string of the molecule is C=C(C)C.C=C(C)NC.CCC=C(c1ccc(C)c(C)c1)N(CCC)CCC.Cc1ccccc1.Cc1ccccc1C=O. The zero-order valence-corrected chi connectivity index (χ0v) is 29.9. The molecule has 0 spiro atoms. The number of carbonyl (C=O) groups is 1. The summed E-state index contributed by atoms with van der Waals surface area (Å²) in [5.74, 6) is 0. The van der Waals surface area contributed by atoms with Gasteiger partial charge in [-0.05, 0) is 102 Å². The number of benzene rings is 3. The van der Waals surface area contributed by atoms with Crippen LogP contribution in [0, 0.1) is 27.7 Å². The Labute approximate surface area is 271 Å². The molecule has 0 heterocycles. The molecule has 0 aliphatic heterocycles. The van der Waals surface area contributed by atoms with Gasteiger partial charge in [0.05, 0.1) is 0 Å². The summed E-state index contributed by atoms with van der Waals surface area (Å²) in [6.45, 7) is 30.4. The first-order chi connectivity index (χ1) is 20.9. The summed E-state index contributed by atoms with van der Waals surface area (Å²) in [5.41, 5.74) is 10.8. The average Bonchev–Trinajstić information content (AvgIpc) is 2.99. The molecule has 0 aliphatic carbocycles. The van der Waals surface area contributed by atoms with E-state index in [9.17, 15) is 4.79 Å². The minimum absolute atomic E-state index is 0.775. The highest BCUT2D eigenvalue weighted by Crippen LogP contribution is 2.23. The van der Waals surface area contributed by atoms with Crippen molar-refractivity contribution in [3.8, 4) is 0 Å². The van der Waals surface area contributed by atoms with E-state index in [0.29, 0.717) is 0 Å². The van der Waals surface area contributed by atoms with Gasteiger partial charge >= 0.3 is 0 Å². The highest BCUT2D eigenvalue weighted by atomic mass is 16.1. The van der Waals surface area contributed by atoms with Crippen LogP contribution in [0.1, 0.15) is 99.0 Å². The molecule has 3 nitrogen and oxygen atoms in total. The molecule has 0 amide bonds. The smallest absolute Gasteiger partial charge is 0.150 e. The van der Waals surface area contributed by atoms with Crippen LogP contribution in [0.4, 0.5) is 0 Å². The number of hydrogen-bond donors (Lipinski definition) is 1. The Morgan fingerprint density at radius 1 is 0.750 bits per heavy atom. The van der Waals surface area contributed by atoms with Crippen LogP contribution in [-0.2, 0) is 0 Å². The molecule has 0 bridgehead atoms. The van der Waals surface area contributed by atoms with Crippen molar-refractivity contribution in [2.24, 2.45) is 0 Å². The Morgan fingerprint density at radius 3 is 1.59 bits per heavy atom. The van der Waals surface area contributed by atoms with Crippen molar-refractivity contribution in [1.29, 1.82) is 0 Å². The van der Waals surface area contributed by atoms with Crippen LogP contribution in [0.2, 0.25) is 0 Å². The van der Waals surface area contributed by atoms with Crippen molar-refractivity contribution in [3.05, 3.63) is 137 Å². The molecule has 0 radical (unpaired) electrons. The third kappa shape index (κ3) is 21.8. The largest absolute Gasteiger partial charge is 0.392 e. The van der Waals surface area contributed by atoms with E-state index in [2.05, 4.69) is 101 Å². The minimum Gasteiger partial charge on any atom is -0.392 e. The van der Waals surface area contributed by atoms with E-state index in [4.69, 9.17) is 0 Å². The van der Waals surface area contributed by atoms with Crippen LogP contribution in [0.15, 0.2) is 103 Å². The molecule has 0 aliphatic rings. The van der Waals surface area contributed by atoms with Crippen LogP contribution in [0.3, 0.4) is 0 Å². The summed E-state index contributed by atoms with van der Waals surface area (Å²) in [6.07, 6.45) is 6.73. The Bertz CT molecular complexity index is 1210. The molecule has 44 heavy (non-hydrogen) atoms. The second-order valence-corrected chi connectivity index (χ2v) is 11.2. The van der Waals surface area contributed by atoms with E-state index in [1.165, 1.54) is 46.4 Å². The molecule has 0 saturated heterocycles. The number of carbonyl (C=O) groups excluding carboxylic acids is 1. The maximum absolute atomic E-state index is 10.2. The van der Waals surface area contributed by atoms with Gasteiger partial charge in [-0.15, -0.1) is 6.58 Å². The first-order valence-corrected chi connectivity index (χ1v) is 15.9. The third-order valence-electron chi connectivity index (χ3n) is 6.21. The normalized spacial score (nSPS) is 9.66. The number of nitrogens with zero attached hydrogens (tertiary/aromatic N) is 1. The standard InChI is InChI=1S/C18H29N.C8H8O.C7H8.C4H9N.C4H8/c1-6-9-18(19(12-7-2)13-8-3)17-11-10-15(4)16(5)14-17;1-7-4-2-3-5-8(7)6-9;1-7-5-3-2-4-6-7;1-4(2)5-3;1-4(2)3/h9-11,14H,6-8,12-13H2,1-5H3;2-6H,1H3;2-6H,1H3;5H,1H2,2-3H3;1H2,2-3H3. The van der Waals surface area contributed by atoms with Crippen molar-refractivity contribution < 1.29 is 4.79 Å². The van der Waals surface area contributed by atoms with Crippen molar-refractivity contribution in [1.82, 2.24) is 10.2 Å². The Hall–Kier alpha value is -3.85. The molecule has 3 aromatic carbocycles. The second kappa shape index (κ2) is 26.8. The van der Waals surface area contributed by atoms with E-state index in [1.54, 1.807) is 0 Å². The number of aryl methyl sites for hydroxylation is 4. The highest BCUT2D eigenvalue weighted by Gasteiger charge is 2.10. The van der Waals surface area contributed by atoms with E-state index in [-0.39, 0.29) is 0 Å². The number of allylic oxidation sites excluding steroid dienone is 3. The number of aldehydes is 1. The maximum atomic E-state index is 10.2. The Kier molecular flexibility index (Phi) is 25.7. The molecule has 0 saturated carbocycles. The summed E-state index contributed by atoms with van der Waals surface area (Å²) >= 11 is 0. The van der Waals surface area contributed by atoms with Crippen LogP contribution in [0.25, 0.3) is 5.70 Å². The molecule has 0 aromatic heterocycles. The first kappa shape index (κ1) is 42.3.